The first-order chi connectivity index (χ1) is 12.9. The molecular formula is C21H21N3O3. The summed E-state index contributed by atoms with van der Waals surface area (Å²) in [6.45, 7) is 3.64. The average molecular weight is 363 g/mol. The number of nitrogens with one attached hydrogen (secondary N) is 1. The summed E-state index contributed by atoms with van der Waals surface area (Å²) in [5, 5.41) is 0. The molecule has 138 valence electrons. The molecule has 0 saturated heterocycles. The van der Waals surface area contributed by atoms with Crippen LogP contribution in [-0.4, -0.2) is 14.5 Å². The normalized spacial score (nSPS) is 13.6. The molecule has 6 nitrogen and oxygen atoms in total. The predicted molar refractivity (Wildman–Crippen MR) is 103 cm³/mol. The highest BCUT2D eigenvalue weighted by Crippen LogP contribution is 2.41. The molecule has 1 N–H and O–H groups in total. The molecule has 3 aromatic rings. The summed E-state index contributed by atoms with van der Waals surface area (Å²) in [4.78, 5) is 30.6. The van der Waals surface area contributed by atoms with Gasteiger partial charge in [0.15, 0.2) is 0 Å². The maximum Gasteiger partial charge on any atom is 0.328 e. The fourth-order valence-corrected chi connectivity index (χ4v) is 3.36. The molecule has 1 aromatic carbocycles. The summed E-state index contributed by atoms with van der Waals surface area (Å²) < 4.78 is 7.39. The molecule has 1 aliphatic rings. The second-order valence-corrected chi connectivity index (χ2v) is 7.07. The van der Waals surface area contributed by atoms with Crippen molar-refractivity contribution in [3.63, 3.8) is 0 Å². The molecule has 2 heterocycles. The number of hydrogen-bond donors (Lipinski definition) is 1. The van der Waals surface area contributed by atoms with Crippen molar-refractivity contribution >= 4 is 0 Å². The second-order valence-electron chi connectivity index (χ2n) is 7.07. The number of aromatic amines is 1. The van der Waals surface area contributed by atoms with Crippen molar-refractivity contribution in [2.24, 2.45) is 7.05 Å². The van der Waals surface area contributed by atoms with Gasteiger partial charge in [0.1, 0.15) is 5.75 Å². The lowest BCUT2D eigenvalue weighted by Gasteiger charge is -2.14. The van der Waals surface area contributed by atoms with E-state index >= 15 is 0 Å². The highest BCUT2D eigenvalue weighted by molar-refractivity contribution is 5.67. The zero-order valence-electron chi connectivity index (χ0n) is 15.6. The van der Waals surface area contributed by atoms with Gasteiger partial charge in [0.05, 0.1) is 5.69 Å². The molecule has 27 heavy (non-hydrogen) atoms. The van der Waals surface area contributed by atoms with Crippen LogP contribution >= 0.6 is 0 Å². The van der Waals surface area contributed by atoms with Crippen molar-refractivity contribution in [3.8, 4) is 22.9 Å². The Morgan fingerprint density at radius 2 is 1.93 bits per heavy atom. The molecule has 1 saturated carbocycles. The van der Waals surface area contributed by atoms with Gasteiger partial charge in [0.25, 0.3) is 5.56 Å². The summed E-state index contributed by atoms with van der Waals surface area (Å²) in [5.74, 6) is 1.88. The smallest absolute Gasteiger partial charge is 0.328 e. The van der Waals surface area contributed by atoms with Crippen LogP contribution in [0.5, 0.6) is 11.6 Å². The van der Waals surface area contributed by atoms with Crippen LogP contribution in [0.1, 0.15) is 35.4 Å². The quantitative estimate of drug-likeness (QED) is 0.770. The van der Waals surface area contributed by atoms with E-state index in [1.165, 1.54) is 23.0 Å². The molecule has 1 fully saturated rings. The van der Waals surface area contributed by atoms with Gasteiger partial charge in [-0.25, -0.2) is 9.78 Å². The number of pyridine rings is 1. The molecule has 1 aliphatic carbocycles. The third-order valence-corrected chi connectivity index (χ3v) is 5.04. The molecule has 0 bridgehead atoms. The number of benzene rings is 1. The van der Waals surface area contributed by atoms with Crippen LogP contribution in [0.15, 0.2) is 46.1 Å². The maximum absolute atomic E-state index is 12.0. The van der Waals surface area contributed by atoms with E-state index in [1.54, 1.807) is 20.2 Å². The molecule has 0 spiro atoms. The van der Waals surface area contributed by atoms with Crippen LogP contribution in [0.4, 0.5) is 0 Å². The summed E-state index contributed by atoms with van der Waals surface area (Å²) in [6.07, 6.45) is 4.23. The van der Waals surface area contributed by atoms with E-state index in [-0.39, 0.29) is 5.56 Å². The topological polar surface area (TPSA) is 77.0 Å². The second kappa shape index (κ2) is 6.54. The Balaban J connectivity index is 1.69. The van der Waals surface area contributed by atoms with Crippen LogP contribution in [0.2, 0.25) is 0 Å². The first kappa shape index (κ1) is 17.3. The summed E-state index contributed by atoms with van der Waals surface area (Å²) >= 11 is 0. The molecule has 0 amide bonds. The van der Waals surface area contributed by atoms with E-state index in [1.807, 2.05) is 37.3 Å². The van der Waals surface area contributed by atoms with E-state index in [4.69, 9.17) is 4.74 Å². The van der Waals surface area contributed by atoms with E-state index in [0.717, 1.165) is 11.1 Å². The highest BCUT2D eigenvalue weighted by Gasteiger charge is 2.24. The van der Waals surface area contributed by atoms with E-state index in [9.17, 15) is 9.59 Å². The molecular weight excluding hydrogens is 342 g/mol. The van der Waals surface area contributed by atoms with Gasteiger partial charge in [-0.1, -0.05) is 0 Å². The van der Waals surface area contributed by atoms with Gasteiger partial charge in [-0.2, -0.15) is 0 Å². The summed E-state index contributed by atoms with van der Waals surface area (Å²) in [7, 11) is 1.65. The van der Waals surface area contributed by atoms with Gasteiger partial charge in [0.2, 0.25) is 5.88 Å². The van der Waals surface area contributed by atoms with Gasteiger partial charge in [-0.05, 0) is 68.0 Å². The largest absolute Gasteiger partial charge is 0.439 e. The Bertz CT molecular complexity index is 1110. The minimum atomic E-state index is -0.429. The van der Waals surface area contributed by atoms with Crippen molar-refractivity contribution in [2.75, 3.05) is 0 Å². The molecule has 4 rings (SSSR count). The molecule has 0 atom stereocenters. The molecule has 0 unspecified atom stereocenters. The zero-order valence-corrected chi connectivity index (χ0v) is 15.6. The lowest BCUT2D eigenvalue weighted by atomic mass is 10.0. The molecule has 0 radical (unpaired) electrons. The standard InChI is InChI=1S/C21H21N3O3/c1-12-10-16(27-18-11-15(8-9-22-18)14-4-5-14)6-7-17(12)19-13(2)20(25)23-21(26)24(19)3/h6-11,14H,4-5H2,1-3H3,(H,23,25,26). The van der Waals surface area contributed by atoms with E-state index in [2.05, 4.69) is 9.97 Å². The van der Waals surface area contributed by atoms with Crippen LogP contribution in [-0.2, 0) is 7.05 Å². The number of aryl methyl sites for hydroxylation is 1. The lowest BCUT2D eigenvalue weighted by Crippen LogP contribution is -2.31. The minimum Gasteiger partial charge on any atom is -0.439 e. The van der Waals surface area contributed by atoms with Crippen molar-refractivity contribution in [2.45, 2.75) is 32.6 Å². The summed E-state index contributed by atoms with van der Waals surface area (Å²) in [5.41, 5.74) is 3.33. The number of rotatable bonds is 4. The average Bonchev–Trinajstić information content (AvgIpc) is 3.47. The Hall–Kier alpha value is -3.15. The number of hydrogen-bond acceptors (Lipinski definition) is 4. The lowest BCUT2D eigenvalue weighted by molar-refractivity contribution is 0.462. The van der Waals surface area contributed by atoms with Crippen LogP contribution < -0.4 is 16.0 Å². The highest BCUT2D eigenvalue weighted by atomic mass is 16.5. The van der Waals surface area contributed by atoms with Crippen molar-refractivity contribution < 1.29 is 4.74 Å². The summed E-state index contributed by atoms with van der Waals surface area (Å²) in [6, 6.07) is 9.63. The SMILES string of the molecule is Cc1cc(Oc2cc(C3CC3)ccn2)ccc1-c1c(C)c(=O)[nH]c(=O)n1C. The van der Waals surface area contributed by atoms with Crippen molar-refractivity contribution in [1.29, 1.82) is 0 Å². The van der Waals surface area contributed by atoms with Crippen molar-refractivity contribution in [1.82, 2.24) is 14.5 Å². The number of ether oxygens (including phenoxy) is 1. The first-order valence-electron chi connectivity index (χ1n) is 8.99. The van der Waals surface area contributed by atoms with Gasteiger partial charge in [0, 0.05) is 30.4 Å². The number of H-pyrrole nitrogens is 1. The van der Waals surface area contributed by atoms with E-state index < -0.39 is 5.69 Å². The van der Waals surface area contributed by atoms with Gasteiger partial charge >= 0.3 is 5.69 Å². The fraction of sp³-hybridized carbons (Fsp3) is 0.286. The Morgan fingerprint density at radius 3 is 2.63 bits per heavy atom. The Kier molecular flexibility index (Phi) is 4.18. The monoisotopic (exact) mass is 363 g/mol. The Labute approximate surface area is 156 Å². The predicted octanol–water partition coefficient (Wildman–Crippen LogP) is 3.42. The zero-order chi connectivity index (χ0) is 19.1. The van der Waals surface area contributed by atoms with Crippen molar-refractivity contribution in [3.05, 3.63) is 74.1 Å². The number of nitrogens with zero attached hydrogens (tertiary/aromatic N) is 2. The first-order valence-corrected chi connectivity index (χ1v) is 8.99. The van der Waals surface area contributed by atoms with Gasteiger partial charge in [-0.3, -0.25) is 14.3 Å². The van der Waals surface area contributed by atoms with Crippen LogP contribution in [0, 0.1) is 13.8 Å². The van der Waals surface area contributed by atoms with Crippen LogP contribution in [0.3, 0.4) is 0 Å². The van der Waals surface area contributed by atoms with Gasteiger partial charge in [-0.15, -0.1) is 0 Å². The molecule has 6 heteroatoms. The van der Waals surface area contributed by atoms with Gasteiger partial charge < -0.3 is 4.74 Å². The minimum absolute atomic E-state index is 0.367. The van der Waals surface area contributed by atoms with Crippen LogP contribution in [0.25, 0.3) is 11.3 Å². The number of aromatic nitrogens is 3. The Morgan fingerprint density at radius 1 is 1.15 bits per heavy atom. The molecule has 2 aromatic heterocycles. The van der Waals surface area contributed by atoms with E-state index in [0.29, 0.717) is 28.8 Å². The fourth-order valence-electron chi connectivity index (χ4n) is 3.36. The molecule has 0 aliphatic heterocycles. The third kappa shape index (κ3) is 3.30. The maximum atomic E-state index is 12.0. The third-order valence-electron chi connectivity index (χ3n) is 5.04.